The Morgan fingerprint density at radius 1 is 1.00 bits per heavy atom. The first-order valence-electron chi connectivity index (χ1n) is 11.7. The lowest BCUT2D eigenvalue weighted by Gasteiger charge is -2.10. The molecule has 9 heteroatoms. The van der Waals surface area contributed by atoms with Crippen molar-refractivity contribution in [3.63, 3.8) is 0 Å². The van der Waals surface area contributed by atoms with Crippen LogP contribution in [0.25, 0.3) is 17.1 Å². The van der Waals surface area contributed by atoms with Crippen molar-refractivity contribution in [3.05, 3.63) is 64.7 Å². The fourth-order valence-corrected chi connectivity index (χ4v) is 4.46. The van der Waals surface area contributed by atoms with Crippen molar-refractivity contribution in [2.24, 2.45) is 0 Å². The van der Waals surface area contributed by atoms with E-state index in [-0.39, 0.29) is 11.6 Å². The van der Waals surface area contributed by atoms with Crippen LogP contribution < -0.4 is 5.32 Å². The fourth-order valence-electron chi connectivity index (χ4n) is 3.51. The van der Waals surface area contributed by atoms with Gasteiger partial charge >= 0.3 is 0 Å². The van der Waals surface area contributed by atoms with Crippen molar-refractivity contribution in [1.82, 2.24) is 20.1 Å². The lowest BCUT2D eigenvalue weighted by atomic mass is 10.2. The topological polar surface area (TPSA) is 103 Å². The number of benzene rings is 2. The minimum absolute atomic E-state index is 0.0362. The SMILES string of the molecule is CCCCCCNC(=O)CCCCSc1nnc(-c2ccc([N+](=O)[O-])cc2)n1-c1ccccc1. The van der Waals surface area contributed by atoms with Gasteiger partial charge in [0, 0.05) is 42.1 Å². The summed E-state index contributed by atoms with van der Waals surface area (Å²) in [6, 6.07) is 16.1. The molecule has 0 spiro atoms. The number of carbonyl (C=O) groups is 1. The van der Waals surface area contributed by atoms with Crippen LogP contribution in [0.5, 0.6) is 0 Å². The van der Waals surface area contributed by atoms with Gasteiger partial charge in [-0.3, -0.25) is 19.5 Å². The summed E-state index contributed by atoms with van der Waals surface area (Å²) < 4.78 is 1.97. The second-order valence-electron chi connectivity index (χ2n) is 8.00. The second kappa shape index (κ2) is 13.5. The highest BCUT2D eigenvalue weighted by molar-refractivity contribution is 7.99. The van der Waals surface area contributed by atoms with Crippen LogP contribution in [0.1, 0.15) is 51.9 Å². The van der Waals surface area contributed by atoms with Gasteiger partial charge in [-0.15, -0.1) is 10.2 Å². The number of para-hydroxylation sites is 1. The summed E-state index contributed by atoms with van der Waals surface area (Å²) >= 11 is 1.59. The van der Waals surface area contributed by atoms with E-state index in [0.717, 1.165) is 54.4 Å². The molecule has 180 valence electrons. The van der Waals surface area contributed by atoms with Gasteiger partial charge in [0.15, 0.2) is 11.0 Å². The number of nitrogens with one attached hydrogen (secondary N) is 1. The van der Waals surface area contributed by atoms with Gasteiger partial charge in [0.2, 0.25) is 5.91 Å². The van der Waals surface area contributed by atoms with Crippen molar-refractivity contribution in [2.45, 2.75) is 57.0 Å². The molecule has 0 bridgehead atoms. The molecule has 0 aliphatic rings. The largest absolute Gasteiger partial charge is 0.356 e. The summed E-state index contributed by atoms with van der Waals surface area (Å²) in [5, 5.41) is 23.5. The Morgan fingerprint density at radius 3 is 2.47 bits per heavy atom. The van der Waals surface area contributed by atoms with Crippen LogP contribution >= 0.6 is 11.8 Å². The number of thioether (sulfide) groups is 1. The van der Waals surface area contributed by atoms with Gasteiger partial charge in [0.05, 0.1) is 4.92 Å². The van der Waals surface area contributed by atoms with Gasteiger partial charge in [-0.05, 0) is 43.5 Å². The van der Waals surface area contributed by atoms with E-state index in [1.54, 1.807) is 23.9 Å². The zero-order valence-electron chi connectivity index (χ0n) is 19.5. The first-order valence-corrected chi connectivity index (χ1v) is 12.7. The molecule has 0 atom stereocenters. The maximum atomic E-state index is 12.0. The molecule has 0 aliphatic carbocycles. The molecule has 0 saturated heterocycles. The number of nitrogens with zero attached hydrogens (tertiary/aromatic N) is 4. The molecule has 0 saturated carbocycles. The van der Waals surface area contributed by atoms with E-state index >= 15 is 0 Å². The van der Waals surface area contributed by atoms with Crippen LogP contribution in [0.15, 0.2) is 59.8 Å². The normalized spacial score (nSPS) is 10.9. The van der Waals surface area contributed by atoms with E-state index in [0.29, 0.717) is 12.2 Å². The molecule has 1 amide bonds. The van der Waals surface area contributed by atoms with Crippen LogP contribution in [0.3, 0.4) is 0 Å². The van der Waals surface area contributed by atoms with Crippen molar-refractivity contribution in [3.8, 4) is 17.1 Å². The molecule has 2 aromatic carbocycles. The predicted octanol–water partition coefficient (Wildman–Crippen LogP) is 5.80. The fraction of sp³-hybridized carbons (Fsp3) is 0.400. The number of carbonyl (C=O) groups excluding carboxylic acids is 1. The third-order valence-corrected chi connectivity index (χ3v) is 6.38. The highest BCUT2D eigenvalue weighted by atomic mass is 32.2. The van der Waals surface area contributed by atoms with Crippen molar-refractivity contribution in [1.29, 1.82) is 0 Å². The Morgan fingerprint density at radius 2 is 1.76 bits per heavy atom. The summed E-state index contributed by atoms with van der Waals surface area (Å²) in [5.74, 6) is 1.56. The van der Waals surface area contributed by atoms with Gasteiger partial charge in [-0.2, -0.15) is 0 Å². The Hall–Kier alpha value is -3.20. The van der Waals surface area contributed by atoms with Gasteiger partial charge < -0.3 is 5.32 Å². The van der Waals surface area contributed by atoms with E-state index in [4.69, 9.17) is 0 Å². The number of non-ortho nitro benzene ring substituents is 1. The molecular weight excluding hydrogens is 450 g/mol. The van der Waals surface area contributed by atoms with E-state index in [1.165, 1.54) is 25.0 Å². The molecule has 1 heterocycles. The number of aromatic nitrogens is 3. The maximum absolute atomic E-state index is 12.0. The highest BCUT2D eigenvalue weighted by Crippen LogP contribution is 2.29. The molecule has 8 nitrogen and oxygen atoms in total. The molecule has 1 N–H and O–H groups in total. The van der Waals surface area contributed by atoms with Crippen LogP contribution in [-0.2, 0) is 4.79 Å². The lowest BCUT2D eigenvalue weighted by Crippen LogP contribution is -2.23. The maximum Gasteiger partial charge on any atom is 0.269 e. The summed E-state index contributed by atoms with van der Waals surface area (Å²) in [6.45, 7) is 2.94. The smallest absolute Gasteiger partial charge is 0.269 e. The molecule has 0 aliphatic heterocycles. The third-order valence-electron chi connectivity index (χ3n) is 5.37. The second-order valence-corrected chi connectivity index (χ2v) is 9.06. The Bertz CT molecular complexity index is 1050. The quantitative estimate of drug-likeness (QED) is 0.135. The Labute approximate surface area is 204 Å². The number of unbranched alkanes of at least 4 members (excludes halogenated alkanes) is 4. The predicted molar refractivity (Wildman–Crippen MR) is 135 cm³/mol. The number of hydrogen-bond donors (Lipinski definition) is 1. The monoisotopic (exact) mass is 481 g/mol. The van der Waals surface area contributed by atoms with E-state index in [1.807, 2.05) is 34.9 Å². The first kappa shape index (κ1) is 25.4. The van der Waals surface area contributed by atoms with Crippen LogP contribution in [-0.4, -0.2) is 37.9 Å². The minimum atomic E-state index is -0.417. The first-order chi connectivity index (χ1) is 16.6. The molecular formula is C25H31N5O3S. The average molecular weight is 482 g/mol. The third kappa shape index (κ3) is 7.41. The highest BCUT2D eigenvalue weighted by Gasteiger charge is 2.17. The lowest BCUT2D eigenvalue weighted by molar-refractivity contribution is -0.384. The van der Waals surface area contributed by atoms with E-state index in [2.05, 4.69) is 22.4 Å². The van der Waals surface area contributed by atoms with Crippen LogP contribution in [0, 0.1) is 10.1 Å². The van der Waals surface area contributed by atoms with Gasteiger partial charge in [-0.25, -0.2) is 0 Å². The van der Waals surface area contributed by atoms with Gasteiger partial charge in [-0.1, -0.05) is 56.1 Å². The summed E-state index contributed by atoms with van der Waals surface area (Å²) in [7, 11) is 0. The molecule has 0 unspecified atom stereocenters. The summed E-state index contributed by atoms with van der Waals surface area (Å²) in [4.78, 5) is 22.6. The minimum Gasteiger partial charge on any atom is -0.356 e. The zero-order valence-corrected chi connectivity index (χ0v) is 20.3. The molecule has 0 fully saturated rings. The Kier molecular flexibility index (Phi) is 10.1. The van der Waals surface area contributed by atoms with E-state index < -0.39 is 4.92 Å². The molecule has 0 radical (unpaired) electrons. The Balaban J connectivity index is 1.58. The number of rotatable bonds is 14. The van der Waals surface area contributed by atoms with Crippen LogP contribution in [0.4, 0.5) is 5.69 Å². The van der Waals surface area contributed by atoms with Crippen molar-refractivity contribution in [2.75, 3.05) is 12.3 Å². The van der Waals surface area contributed by atoms with Gasteiger partial charge in [0.1, 0.15) is 0 Å². The number of hydrogen-bond acceptors (Lipinski definition) is 6. The van der Waals surface area contributed by atoms with E-state index in [9.17, 15) is 14.9 Å². The summed E-state index contributed by atoms with van der Waals surface area (Å²) in [6.07, 6.45) is 6.86. The number of nitro groups is 1. The average Bonchev–Trinajstić information content (AvgIpc) is 3.28. The van der Waals surface area contributed by atoms with Crippen molar-refractivity contribution >= 4 is 23.4 Å². The zero-order chi connectivity index (χ0) is 24.2. The summed E-state index contributed by atoms with van der Waals surface area (Å²) in [5.41, 5.74) is 1.71. The molecule has 1 aromatic heterocycles. The number of amides is 1. The molecule has 3 aromatic rings. The standard InChI is InChI=1S/C25H31N5O3S/c1-2-3-4-9-18-26-23(31)13-8-10-19-34-25-28-27-24(29(25)21-11-6-5-7-12-21)20-14-16-22(17-15-20)30(32)33/h5-7,11-12,14-17H,2-4,8-10,13,18-19H2,1H3,(H,26,31). The van der Waals surface area contributed by atoms with Crippen molar-refractivity contribution < 1.29 is 9.72 Å². The van der Waals surface area contributed by atoms with Gasteiger partial charge in [0.25, 0.3) is 5.69 Å². The van der Waals surface area contributed by atoms with Crippen LogP contribution in [0.2, 0.25) is 0 Å². The molecule has 3 rings (SSSR count). The number of nitro benzene ring substituents is 1. The molecule has 34 heavy (non-hydrogen) atoms.